The number of rotatable bonds is 7. The number of amides is 2. The minimum atomic E-state index is -1.08. The number of carbonyl (C=O) groups is 3. The van der Waals surface area contributed by atoms with Crippen LogP contribution in [0.3, 0.4) is 0 Å². The molecule has 2 rings (SSSR count). The first-order chi connectivity index (χ1) is 11.9. The number of hydrogen-bond acceptors (Lipinski definition) is 3. The van der Waals surface area contributed by atoms with Crippen LogP contribution < -0.4 is 5.32 Å². The Bertz CT molecular complexity index is 667. The van der Waals surface area contributed by atoms with E-state index in [1.165, 1.54) is 0 Å². The maximum atomic E-state index is 12.3. The molecule has 0 bridgehead atoms. The first-order valence-corrected chi connectivity index (χ1v) is 8.38. The molecule has 1 saturated heterocycles. The average Bonchev–Trinajstić information content (AvgIpc) is 2.94. The molecule has 2 atom stereocenters. The highest BCUT2D eigenvalue weighted by Crippen LogP contribution is 2.21. The Labute approximate surface area is 147 Å². The third kappa shape index (κ3) is 5.17. The van der Waals surface area contributed by atoms with Crippen molar-refractivity contribution in [3.8, 4) is 0 Å². The largest absolute Gasteiger partial charge is 0.480 e. The van der Waals surface area contributed by atoms with Crippen LogP contribution in [0, 0.1) is 12.8 Å². The minimum Gasteiger partial charge on any atom is -0.480 e. The lowest BCUT2D eigenvalue weighted by atomic mass is 10.1. The van der Waals surface area contributed by atoms with E-state index in [0.29, 0.717) is 13.1 Å². The molecule has 1 aliphatic heterocycles. The zero-order valence-electron chi connectivity index (χ0n) is 14.6. The second-order valence-corrected chi connectivity index (χ2v) is 6.37. The second-order valence-electron chi connectivity index (χ2n) is 6.37. The van der Waals surface area contributed by atoms with Crippen LogP contribution >= 0.6 is 0 Å². The maximum Gasteiger partial charge on any atom is 0.326 e. The Morgan fingerprint density at radius 3 is 2.64 bits per heavy atom. The van der Waals surface area contributed by atoms with E-state index in [9.17, 15) is 19.5 Å². The number of nitrogens with one attached hydrogen (secondary N) is 1. The molecule has 1 aromatic carbocycles. The van der Waals surface area contributed by atoms with Crippen LogP contribution in [0.25, 0.3) is 0 Å². The van der Waals surface area contributed by atoms with Crippen LogP contribution in [0.15, 0.2) is 36.4 Å². The van der Waals surface area contributed by atoms with Crippen molar-refractivity contribution in [2.45, 2.75) is 39.3 Å². The van der Waals surface area contributed by atoms with Crippen LogP contribution in [0.1, 0.15) is 30.9 Å². The molecule has 6 heteroatoms. The molecule has 1 fully saturated rings. The molecule has 0 radical (unpaired) electrons. The first-order valence-electron chi connectivity index (χ1n) is 8.38. The molecule has 0 saturated carbocycles. The van der Waals surface area contributed by atoms with E-state index < -0.39 is 17.9 Å². The van der Waals surface area contributed by atoms with E-state index in [2.05, 4.69) is 5.32 Å². The number of aryl methyl sites for hydroxylation is 1. The van der Waals surface area contributed by atoms with E-state index in [-0.39, 0.29) is 24.7 Å². The number of aliphatic carboxylic acids is 1. The molecule has 2 amide bonds. The molecule has 134 valence electrons. The van der Waals surface area contributed by atoms with Gasteiger partial charge in [-0.3, -0.25) is 9.59 Å². The van der Waals surface area contributed by atoms with Crippen LogP contribution in [0.4, 0.5) is 0 Å². The number of nitrogens with zero attached hydrogens (tertiary/aromatic N) is 1. The zero-order chi connectivity index (χ0) is 18.4. The van der Waals surface area contributed by atoms with Crippen LogP contribution in [-0.4, -0.2) is 40.4 Å². The standard InChI is InChI=1S/C19H24N2O4/c1-3-4-5-16(19(24)25)20-18(23)15-10-17(22)21(12-15)11-14-8-6-13(2)7-9-14/h3-4,6-9,15-16H,5,10-12H2,1-2H3,(H,20,23)(H,24,25)/b4-3+. The summed E-state index contributed by atoms with van der Waals surface area (Å²) >= 11 is 0. The van der Waals surface area contributed by atoms with Crippen molar-refractivity contribution >= 4 is 17.8 Å². The predicted molar refractivity (Wildman–Crippen MR) is 93.7 cm³/mol. The molecule has 25 heavy (non-hydrogen) atoms. The summed E-state index contributed by atoms with van der Waals surface area (Å²) in [7, 11) is 0. The van der Waals surface area contributed by atoms with Crippen molar-refractivity contribution in [1.29, 1.82) is 0 Å². The van der Waals surface area contributed by atoms with E-state index in [1.807, 2.05) is 31.2 Å². The Morgan fingerprint density at radius 1 is 1.36 bits per heavy atom. The third-order valence-electron chi connectivity index (χ3n) is 4.30. The lowest BCUT2D eigenvalue weighted by Crippen LogP contribution is -2.44. The van der Waals surface area contributed by atoms with Crippen molar-refractivity contribution in [3.63, 3.8) is 0 Å². The lowest BCUT2D eigenvalue weighted by Gasteiger charge is -2.18. The van der Waals surface area contributed by atoms with Gasteiger partial charge >= 0.3 is 5.97 Å². The highest BCUT2D eigenvalue weighted by atomic mass is 16.4. The quantitative estimate of drug-likeness (QED) is 0.740. The Balaban J connectivity index is 1.94. The topological polar surface area (TPSA) is 86.7 Å². The van der Waals surface area contributed by atoms with Crippen molar-refractivity contribution < 1.29 is 19.5 Å². The Morgan fingerprint density at radius 2 is 2.04 bits per heavy atom. The molecule has 1 heterocycles. The van der Waals surface area contributed by atoms with Crippen LogP contribution in [-0.2, 0) is 20.9 Å². The summed E-state index contributed by atoms with van der Waals surface area (Å²) in [5.74, 6) is -2.05. The number of benzene rings is 1. The fourth-order valence-electron chi connectivity index (χ4n) is 2.80. The lowest BCUT2D eigenvalue weighted by molar-refractivity contribution is -0.142. The number of carbonyl (C=O) groups excluding carboxylic acids is 2. The van der Waals surface area contributed by atoms with Crippen molar-refractivity contribution in [2.75, 3.05) is 6.54 Å². The summed E-state index contributed by atoms with van der Waals surface area (Å²) in [5, 5.41) is 11.7. The third-order valence-corrected chi connectivity index (χ3v) is 4.30. The molecular weight excluding hydrogens is 320 g/mol. The molecule has 1 aliphatic rings. The SMILES string of the molecule is C/C=C/CC(NC(=O)C1CC(=O)N(Cc2ccc(C)cc2)C1)C(=O)O. The molecule has 0 spiro atoms. The van der Waals surface area contributed by atoms with Gasteiger partial charge in [0.25, 0.3) is 0 Å². The maximum absolute atomic E-state index is 12.3. The molecule has 2 N–H and O–H groups in total. The van der Waals surface area contributed by atoms with E-state index >= 15 is 0 Å². The number of allylic oxidation sites excluding steroid dienone is 1. The summed E-state index contributed by atoms with van der Waals surface area (Å²) in [6.07, 6.45) is 3.78. The van der Waals surface area contributed by atoms with E-state index in [1.54, 1.807) is 24.0 Å². The normalized spacial score (nSPS) is 18.6. The predicted octanol–water partition coefficient (Wildman–Crippen LogP) is 1.88. The summed E-state index contributed by atoms with van der Waals surface area (Å²) in [4.78, 5) is 37.4. The van der Waals surface area contributed by atoms with Gasteiger partial charge in [0.05, 0.1) is 5.92 Å². The number of carboxylic acid groups (broad SMARTS) is 1. The van der Waals surface area contributed by atoms with Gasteiger partial charge in [0, 0.05) is 19.5 Å². The highest BCUT2D eigenvalue weighted by Gasteiger charge is 2.35. The highest BCUT2D eigenvalue weighted by molar-refractivity contribution is 5.91. The molecule has 0 aliphatic carbocycles. The smallest absolute Gasteiger partial charge is 0.326 e. The summed E-state index contributed by atoms with van der Waals surface area (Å²) in [6, 6.07) is 6.93. The molecule has 6 nitrogen and oxygen atoms in total. The Hall–Kier alpha value is -2.63. The van der Waals surface area contributed by atoms with Gasteiger partial charge in [-0.2, -0.15) is 0 Å². The fraction of sp³-hybridized carbons (Fsp3) is 0.421. The van der Waals surface area contributed by atoms with E-state index in [4.69, 9.17) is 0 Å². The monoisotopic (exact) mass is 344 g/mol. The molecule has 0 aromatic heterocycles. The van der Waals surface area contributed by atoms with Gasteiger partial charge in [-0.25, -0.2) is 4.79 Å². The van der Waals surface area contributed by atoms with Crippen molar-refractivity contribution in [3.05, 3.63) is 47.5 Å². The average molecular weight is 344 g/mol. The fourth-order valence-corrected chi connectivity index (χ4v) is 2.80. The van der Waals surface area contributed by atoms with Crippen LogP contribution in [0.5, 0.6) is 0 Å². The van der Waals surface area contributed by atoms with Gasteiger partial charge in [0.1, 0.15) is 6.04 Å². The molecule has 1 aromatic rings. The second kappa shape index (κ2) is 8.46. The number of carboxylic acids is 1. The van der Waals surface area contributed by atoms with Gasteiger partial charge in [-0.15, -0.1) is 0 Å². The van der Waals surface area contributed by atoms with Gasteiger partial charge in [-0.05, 0) is 25.8 Å². The summed E-state index contributed by atoms with van der Waals surface area (Å²) in [5.41, 5.74) is 2.16. The van der Waals surface area contributed by atoms with Crippen LogP contribution in [0.2, 0.25) is 0 Å². The molecular formula is C19H24N2O4. The van der Waals surface area contributed by atoms with Crippen molar-refractivity contribution in [1.82, 2.24) is 10.2 Å². The van der Waals surface area contributed by atoms with Gasteiger partial charge in [-0.1, -0.05) is 42.0 Å². The summed E-state index contributed by atoms with van der Waals surface area (Å²) in [6.45, 7) is 4.56. The van der Waals surface area contributed by atoms with Gasteiger partial charge in [0.2, 0.25) is 11.8 Å². The van der Waals surface area contributed by atoms with Gasteiger partial charge < -0.3 is 15.3 Å². The number of likely N-dealkylation sites (tertiary alicyclic amines) is 1. The van der Waals surface area contributed by atoms with Gasteiger partial charge in [0.15, 0.2) is 0 Å². The zero-order valence-corrected chi connectivity index (χ0v) is 14.6. The first kappa shape index (κ1) is 18.7. The molecule has 2 unspecified atom stereocenters. The minimum absolute atomic E-state index is 0.0824. The van der Waals surface area contributed by atoms with E-state index in [0.717, 1.165) is 11.1 Å². The summed E-state index contributed by atoms with van der Waals surface area (Å²) < 4.78 is 0. The van der Waals surface area contributed by atoms with Crippen molar-refractivity contribution in [2.24, 2.45) is 5.92 Å². The number of hydrogen-bond donors (Lipinski definition) is 2. The Kier molecular flexibility index (Phi) is 6.33.